The zero-order valence-corrected chi connectivity index (χ0v) is 10.8. The highest BCUT2D eigenvalue weighted by molar-refractivity contribution is 4.94. The molecule has 0 spiro atoms. The Morgan fingerprint density at radius 1 is 0.944 bits per heavy atom. The number of hydrogen-bond donors (Lipinski definition) is 1. The van der Waals surface area contributed by atoms with Gasteiger partial charge in [0, 0.05) is 18.1 Å². The third-order valence-electron chi connectivity index (χ3n) is 4.09. The first-order valence-electron chi connectivity index (χ1n) is 7.05. The van der Waals surface area contributed by atoms with Gasteiger partial charge in [-0.25, -0.2) is 0 Å². The van der Waals surface area contributed by atoms with Crippen LogP contribution in [0.25, 0.3) is 0 Å². The van der Waals surface area contributed by atoms with Crippen LogP contribution in [-0.4, -0.2) is 35.7 Å². The molecular formula is C13H23F3N2. The van der Waals surface area contributed by atoms with Crippen molar-refractivity contribution in [3.8, 4) is 0 Å². The van der Waals surface area contributed by atoms with E-state index in [0.29, 0.717) is 0 Å². The SMILES string of the molecule is NC1CCCCCCC1N(CC(F)(F)F)C1CC1. The molecule has 0 aliphatic heterocycles. The van der Waals surface area contributed by atoms with Crippen LogP contribution in [0.4, 0.5) is 13.2 Å². The summed E-state index contributed by atoms with van der Waals surface area (Å²) in [5.74, 6) is 0. The monoisotopic (exact) mass is 264 g/mol. The Bertz CT molecular complexity index is 263. The van der Waals surface area contributed by atoms with Gasteiger partial charge in [-0.15, -0.1) is 0 Å². The predicted molar refractivity (Wildman–Crippen MR) is 65.2 cm³/mol. The largest absolute Gasteiger partial charge is 0.401 e. The zero-order chi connectivity index (χ0) is 13.2. The Morgan fingerprint density at radius 2 is 1.56 bits per heavy atom. The average molecular weight is 264 g/mol. The maximum atomic E-state index is 12.7. The van der Waals surface area contributed by atoms with Crippen molar-refractivity contribution in [2.24, 2.45) is 5.73 Å². The molecule has 0 heterocycles. The van der Waals surface area contributed by atoms with Crippen LogP contribution < -0.4 is 5.73 Å². The maximum Gasteiger partial charge on any atom is 0.401 e. The maximum absolute atomic E-state index is 12.7. The van der Waals surface area contributed by atoms with Crippen LogP contribution in [0, 0.1) is 0 Å². The molecule has 0 saturated heterocycles. The Labute approximate surface area is 107 Å². The molecule has 0 aromatic carbocycles. The zero-order valence-electron chi connectivity index (χ0n) is 10.8. The molecule has 2 rings (SSSR count). The van der Waals surface area contributed by atoms with Crippen molar-refractivity contribution in [1.29, 1.82) is 0 Å². The number of halogens is 3. The van der Waals surface area contributed by atoms with E-state index in [0.717, 1.165) is 44.9 Å². The highest BCUT2D eigenvalue weighted by atomic mass is 19.4. The van der Waals surface area contributed by atoms with E-state index >= 15 is 0 Å². The van der Waals surface area contributed by atoms with Gasteiger partial charge in [-0.1, -0.05) is 25.7 Å². The molecule has 0 radical (unpaired) electrons. The summed E-state index contributed by atoms with van der Waals surface area (Å²) in [7, 11) is 0. The van der Waals surface area contributed by atoms with Gasteiger partial charge in [0.2, 0.25) is 0 Å². The Hall–Kier alpha value is -0.290. The highest BCUT2D eigenvalue weighted by Crippen LogP contribution is 2.35. The van der Waals surface area contributed by atoms with E-state index in [1.165, 1.54) is 6.42 Å². The number of alkyl halides is 3. The van der Waals surface area contributed by atoms with Gasteiger partial charge in [0.25, 0.3) is 0 Å². The number of nitrogens with zero attached hydrogens (tertiary/aromatic N) is 1. The molecule has 106 valence electrons. The van der Waals surface area contributed by atoms with Crippen LogP contribution in [0.5, 0.6) is 0 Å². The third kappa shape index (κ3) is 4.12. The third-order valence-corrected chi connectivity index (χ3v) is 4.09. The van der Waals surface area contributed by atoms with E-state index in [2.05, 4.69) is 0 Å². The van der Waals surface area contributed by atoms with Crippen molar-refractivity contribution in [2.75, 3.05) is 6.54 Å². The van der Waals surface area contributed by atoms with Crippen molar-refractivity contribution in [2.45, 2.75) is 75.7 Å². The van der Waals surface area contributed by atoms with Gasteiger partial charge in [-0.2, -0.15) is 13.2 Å². The summed E-state index contributed by atoms with van der Waals surface area (Å²) >= 11 is 0. The molecule has 0 bridgehead atoms. The molecule has 0 amide bonds. The predicted octanol–water partition coefficient (Wildman–Crippen LogP) is 3.06. The molecule has 2 saturated carbocycles. The minimum Gasteiger partial charge on any atom is -0.326 e. The second-order valence-electron chi connectivity index (χ2n) is 5.74. The summed E-state index contributed by atoms with van der Waals surface area (Å²) in [6.45, 7) is -0.782. The summed E-state index contributed by atoms with van der Waals surface area (Å²) in [5.41, 5.74) is 6.12. The summed E-state index contributed by atoms with van der Waals surface area (Å²) < 4.78 is 38.0. The summed E-state index contributed by atoms with van der Waals surface area (Å²) in [4.78, 5) is 1.65. The normalized spacial score (nSPS) is 31.2. The van der Waals surface area contributed by atoms with Crippen LogP contribution >= 0.6 is 0 Å². The quantitative estimate of drug-likeness (QED) is 0.849. The van der Waals surface area contributed by atoms with Gasteiger partial charge in [0.15, 0.2) is 0 Å². The summed E-state index contributed by atoms with van der Waals surface area (Å²) in [6.07, 6.45) is 3.77. The van der Waals surface area contributed by atoms with Gasteiger partial charge in [0.05, 0.1) is 6.54 Å². The molecule has 2 nitrogen and oxygen atoms in total. The van der Waals surface area contributed by atoms with E-state index in [1.807, 2.05) is 0 Å². The van der Waals surface area contributed by atoms with E-state index < -0.39 is 12.7 Å². The van der Waals surface area contributed by atoms with Crippen LogP contribution in [-0.2, 0) is 0 Å². The Balaban J connectivity index is 2.02. The summed E-state index contributed by atoms with van der Waals surface area (Å²) in [5, 5.41) is 0. The lowest BCUT2D eigenvalue weighted by molar-refractivity contribution is -0.154. The molecule has 2 unspecified atom stereocenters. The van der Waals surface area contributed by atoms with Gasteiger partial charge in [-0.05, 0) is 25.7 Å². The van der Waals surface area contributed by atoms with E-state index in [9.17, 15) is 13.2 Å². The van der Waals surface area contributed by atoms with Crippen molar-refractivity contribution in [3.63, 3.8) is 0 Å². The standard InChI is InChI=1S/C13H23F3N2/c14-13(15,16)9-18(10-7-8-10)12-6-4-2-1-3-5-11(12)17/h10-12H,1-9,17H2. The number of nitrogens with two attached hydrogens (primary N) is 1. The Kier molecular flexibility index (Phi) is 4.54. The fourth-order valence-electron chi connectivity index (χ4n) is 3.04. The lowest BCUT2D eigenvalue weighted by atomic mass is 9.91. The molecular weight excluding hydrogens is 241 g/mol. The minimum absolute atomic E-state index is 0.0700. The molecule has 0 aromatic heterocycles. The molecule has 2 aliphatic rings. The van der Waals surface area contributed by atoms with Gasteiger partial charge < -0.3 is 5.73 Å². The molecule has 2 atom stereocenters. The first-order chi connectivity index (χ1) is 8.47. The number of hydrogen-bond acceptors (Lipinski definition) is 2. The fraction of sp³-hybridized carbons (Fsp3) is 1.00. The van der Waals surface area contributed by atoms with Gasteiger partial charge in [0.1, 0.15) is 0 Å². The van der Waals surface area contributed by atoms with E-state index in [1.54, 1.807) is 4.90 Å². The second-order valence-corrected chi connectivity index (χ2v) is 5.74. The van der Waals surface area contributed by atoms with E-state index in [-0.39, 0.29) is 18.1 Å². The molecule has 2 N–H and O–H groups in total. The van der Waals surface area contributed by atoms with Crippen molar-refractivity contribution < 1.29 is 13.2 Å². The van der Waals surface area contributed by atoms with Gasteiger partial charge >= 0.3 is 6.18 Å². The van der Waals surface area contributed by atoms with Crippen LogP contribution in [0.3, 0.4) is 0 Å². The minimum atomic E-state index is -4.11. The first kappa shape index (κ1) is 14.1. The first-order valence-corrected chi connectivity index (χ1v) is 7.05. The van der Waals surface area contributed by atoms with Crippen molar-refractivity contribution in [1.82, 2.24) is 4.90 Å². The van der Waals surface area contributed by atoms with Crippen molar-refractivity contribution in [3.05, 3.63) is 0 Å². The van der Waals surface area contributed by atoms with Crippen molar-refractivity contribution >= 4 is 0 Å². The topological polar surface area (TPSA) is 29.3 Å². The number of rotatable bonds is 3. The lowest BCUT2D eigenvalue weighted by Crippen LogP contribution is -2.52. The smallest absolute Gasteiger partial charge is 0.326 e. The summed E-state index contributed by atoms with van der Waals surface area (Å²) in [6, 6.07) is -0.0326. The second kappa shape index (κ2) is 5.78. The van der Waals surface area contributed by atoms with Crippen LogP contribution in [0.1, 0.15) is 51.4 Å². The van der Waals surface area contributed by atoms with E-state index in [4.69, 9.17) is 5.73 Å². The van der Waals surface area contributed by atoms with Crippen LogP contribution in [0.2, 0.25) is 0 Å². The van der Waals surface area contributed by atoms with Gasteiger partial charge in [-0.3, -0.25) is 4.90 Å². The molecule has 2 aliphatic carbocycles. The lowest BCUT2D eigenvalue weighted by Gasteiger charge is -2.37. The average Bonchev–Trinajstić information content (AvgIpc) is 3.04. The highest BCUT2D eigenvalue weighted by Gasteiger charge is 2.42. The molecule has 18 heavy (non-hydrogen) atoms. The Morgan fingerprint density at radius 3 is 2.11 bits per heavy atom. The van der Waals surface area contributed by atoms with Crippen LogP contribution in [0.15, 0.2) is 0 Å². The molecule has 2 fully saturated rings. The fourth-order valence-corrected chi connectivity index (χ4v) is 3.04. The molecule has 0 aromatic rings. The molecule has 5 heteroatoms.